The third-order valence-corrected chi connectivity index (χ3v) is 4.48. The molecule has 84 valence electrons. The van der Waals surface area contributed by atoms with Crippen molar-refractivity contribution in [2.75, 3.05) is 0 Å². The van der Waals surface area contributed by atoms with Crippen LogP contribution in [0.2, 0.25) is 0 Å². The lowest BCUT2D eigenvalue weighted by atomic mass is 10.0. The predicted molar refractivity (Wildman–Crippen MR) is 66.7 cm³/mol. The highest BCUT2D eigenvalue weighted by atomic mass is 14.6. The van der Waals surface area contributed by atoms with Crippen LogP contribution in [0.5, 0.6) is 0 Å². The van der Waals surface area contributed by atoms with Gasteiger partial charge in [0, 0.05) is 0 Å². The van der Waals surface area contributed by atoms with Crippen LogP contribution >= 0.6 is 0 Å². The molecule has 0 N–H and O–H groups in total. The average Bonchev–Trinajstić information content (AvgIpc) is 2.65. The van der Waals surface area contributed by atoms with Crippen molar-refractivity contribution in [1.82, 2.24) is 0 Å². The van der Waals surface area contributed by atoms with E-state index in [-0.39, 0.29) is 0 Å². The highest BCUT2D eigenvalue weighted by Crippen LogP contribution is 2.61. The fourth-order valence-corrected chi connectivity index (χ4v) is 3.09. The van der Waals surface area contributed by atoms with E-state index in [1.807, 2.05) is 0 Å². The Bertz CT molecular complexity index is 304. The van der Waals surface area contributed by atoms with Gasteiger partial charge in [0.2, 0.25) is 0 Å². The van der Waals surface area contributed by atoms with Gasteiger partial charge in [-0.3, -0.25) is 0 Å². The number of hydrogen-bond donors (Lipinski definition) is 0. The third-order valence-electron chi connectivity index (χ3n) is 4.48. The SMILES string of the molecule is C/C1=C/[C@@H]2[C@H](CC/C(C)=C/CC1)C2(C)C. The second kappa shape index (κ2) is 3.81. The standard InChI is InChI=1S/C15H24/c1-11-6-5-7-12(2)10-14-13(9-8-11)15(14,3)4/h6,10,13-14H,5,7-9H2,1-4H3/b11-6+,12-10-/t13-,14+/m0/s1. The van der Waals surface area contributed by atoms with Crippen molar-refractivity contribution < 1.29 is 0 Å². The summed E-state index contributed by atoms with van der Waals surface area (Å²) in [7, 11) is 0. The Labute approximate surface area is 94.5 Å². The molecule has 0 amide bonds. The van der Waals surface area contributed by atoms with Gasteiger partial charge in [-0.05, 0) is 56.8 Å². The molecule has 2 atom stereocenters. The van der Waals surface area contributed by atoms with Crippen LogP contribution in [0.1, 0.15) is 53.4 Å². The maximum absolute atomic E-state index is 2.55. The molecule has 1 fully saturated rings. The molecule has 2 aliphatic carbocycles. The van der Waals surface area contributed by atoms with E-state index in [1.54, 1.807) is 11.1 Å². The zero-order valence-corrected chi connectivity index (χ0v) is 10.6. The molecule has 0 aliphatic heterocycles. The first-order valence-electron chi connectivity index (χ1n) is 6.34. The summed E-state index contributed by atoms with van der Waals surface area (Å²) >= 11 is 0. The third kappa shape index (κ3) is 2.19. The van der Waals surface area contributed by atoms with Crippen LogP contribution in [-0.2, 0) is 0 Å². The Morgan fingerprint density at radius 3 is 2.60 bits per heavy atom. The van der Waals surface area contributed by atoms with Crippen molar-refractivity contribution >= 4 is 0 Å². The lowest BCUT2D eigenvalue weighted by Gasteiger charge is -2.05. The Morgan fingerprint density at radius 2 is 1.87 bits per heavy atom. The fraction of sp³-hybridized carbons (Fsp3) is 0.733. The zero-order valence-electron chi connectivity index (χ0n) is 10.6. The second-order valence-corrected chi connectivity index (χ2v) is 6.09. The van der Waals surface area contributed by atoms with Crippen LogP contribution in [0.4, 0.5) is 0 Å². The maximum Gasteiger partial charge on any atom is -0.0143 e. The Hall–Kier alpha value is -0.520. The van der Waals surface area contributed by atoms with Crippen LogP contribution in [-0.4, -0.2) is 0 Å². The van der Waals surface area contributed by atoms with Crippen molar-refractivity contribution in [1.29, 1.82) is 0 Å². The summed E-state index contributed by atoms with van der Waals surface area (Å²) in [6, 6.07) is 0. The lowest BCUT2D eigenvalue weighted by molar-refractivity contribution is 0.528. The van der Waals surface area contributed by atoms with Gasteiger partial charge in [-0.1, -0.05) is 37.1 Å². The molecule has 2 rings (SSSR count). The molecule has 0 nitrogen and oxygen atoms in total. The van der Waals surface area contributed by atoms with Gasteiger partial charge in [0.1, 0.15) is 0 Å². The first-order valence-corrected chi connectivity index (χ1v) is 6.34. The largest absolute Gasteiger partial charge is 0.0853 e. The van der Waals surface area contributed by atoms with Crippen molar-refractivity contribution in [3.63, 3.8) is 0 Å². The predicted octanol–water partition coefficient (Wildman–Crippen LogP) is 4.73. The Kier molecular flexibility index (Phi) is 2.79. The highest BCUT2D eigenvalue weighted by Gasteiger charge is 2.55. The zero-order chi connectivity index (χ0) is 11.1. The van der Waals surface area contributed by atoms with E-state index in [4.69, 9.17) is 0 Å². The lowest BCUT2D eigenvalue weighted by Crippen LogP contribution is -1.90. The topological polar surface area (TPSA) is 0 Å². The second-order valence-electron chi connectivity index (χ2n) is 6.09. The molecule has 15 heavy (non-hydrogen) atoms. The first kappa shape index (κ1) is 11.0. The molecule has 0 aromatic rings. The Balaban J connectivity index is 2.13. The molecule has 0 radical (unpaired) electrons. The summed E-state index contributed by atoms with van der Waals surface area (Å²) in [4.78, 5) is 0. The summed E-state index contributed by atoms with van der Waals surface area (Å²) in [5, 5.41) is 0. The molecule has 1 saturated carbocycles. The summed E-state index contributed by atoms with van der Waals surface area (Å²) < 4.78 is 0. The molecular weight excluding hydrogens is 180 g/mol. The molecule has 0 heteroatoms. The van der Waals surface area contributed by atoms with Gasteiger partial charge in [-0.15, -0.1) is 0 Å². The van der Waals surface area contributed by atoms with Crippen LogP contribution in [0.15, 0.2) is 23.3 Å². The van der Waals surface area contributed by atoms with E-state index in [1.165, 1.54) is 25.7 Å². The molecular formula is C15H24. The number of fused-ring (bicyclic) bond motifs is 1. The molecule has 0 aromatic carbocycles. The quantitative estimate of drug-likeness (QED) is 0.501. The van der Waals surface area contributed by atoms with E-state index in [9.17, 15) is 0 Å². The highest BCUT2D eigenvalue weighted by molar-refractivity contribution is 5.19. The fourth-order valence-electron chi connectivity index (χ4n) is 3.09. The maximum atomic E-state index is 2.55. The van der Waals surface area contributed by atoms with Crippen molar-refractivity contribution in [3.05, 3.63) is 23.3 Å². The molecule has 0 saturated heterocycles. The molecule has 2 aliphatic rings. The van der Waals surface area contributed by atoms with Gasteiger partial charge in [-0.2, -0.15) is 0 Å². The minimum absolute atomic E-state index is 0.575. The van der Waals surface area contributed by atoms with Crippen LogP contribution in [0, 0.1) is 17.3 Å². The van der Waals surface area contributed by atoms with E-state index in [2.05, 4.69) is 39.8 Å². The van der Waals surface area contributed by atoms with Gasteiger partial charge in [0.15, 0.2) is 0 Å². The van der Waals surface area contributed by atoms with E-state index < -0.39 is 0 Å². The number of allylic oxidation sites excluding steroid dienone is 4. The molecule has 0 heterocycles. The van der Waals surface area contributed by atoms with Gasteiger partial charge in [0.05, 0.1) is 0 Å². The van der Waals surface area contributed by atoms with Crippen LogP contribution in [0.3, 0.4) is 0 Å². The smallest absolute Gasteiger partial charge is 0.0143 e. The summed E-state index contributed by atoms with van der Waals surface area (Å²) in [6.45, 7) is 9.47. The number of hydrogen-bond acceptors (Lipinski definition) is 0. The van der Waals surface area contributed by atoms with E-state index in [0.29, 0.717) is 5.41 Å². The van der Waals surface area contributed by atoms with E-state index >= 15 is 0 Å². The van der Waals surface area contributed by atoms with E-state index in [0.717, 1.165) is 11.8 Å². The van der Waals surface area contributed by atoms with Crippen molar-refractivity contribution in [2.24, 2.45) is 17.3 Å². The van der Waals surface area contributed by atoms with Gasteiger partial charge in [0.25, 0.3) is 0 Å². The molecule has 0 bridgehead atoms. The van der Waals surface area contributed by atoms with Crippen LogP contribution < -0.4 is 0 Å². The summed E-state index contributed by atoms with van der Waals surface area (Å²) in [6.07, 6.45) is 10.2. The first-order chi connectivity index (χ1) is 7.01. The minimum atomic E-state index is 0.575. The molecule has 0 aromatic heterocycles. The van der Waals surface area contributed by atoms with Crippen molar-refractivity contribution in [2.45, 2.75) is 53.4 Å². The van der Waals surface area contributed by atoms with Gasteiger partial charge >= 0.3 is 0 Å². The average molecular weight is 204 g/mol. The molecule has 0 spiro atoms. The van der Waals surface area contributed by atoms with Gasteiger partial charge < -0.3 is 0 Å². The monoisotopic (exact) mass is 204 g/mol. The number of rotatable bonds is 0. The summed E-state index contributed by atoms with van der Waals surface area (Å²) in [5.41, 5.74) is 3.78. The molecule has 0 unspecified atom stereocenters. The Morgan fingerprint density at radius 1 is 1.13 bits per heavy atom. The van der Waals surface area contributed by atoms with Crippen molar-refractivity contribution in [3.8, 4) is 0 Å². The van der Waals surface area contributed by atoms with Gasteiger partial charge in [-0.25, -0.2) is 0 Å². The minimum Gasteiger partial charge on any atom is -0.0853 e. The normalized spacial score (nSPS) is 41.9. The summed E-state index contributed by atoms with van der Waals surface area (Å²) in [5.74, 6) is 1.80. The van der Waals surface area contributed by atoms with Crippen LogP contribution in [0.25, 0.3) is 0 Å².